The molecular formula is C32H49F5N4O8. The number of rotatable bonds is 15. The number of hydrogen-bond acceptors (Lipinski definition) is 9. The van der Waals surface area contributed by atoms with Gasteiger partial charge in [0.1, 0.15) is 22.8 Å². The summed E-state index contributed by atoms with van der Waals surface area (Å²) in [6.07, 6.45) is -1.52. The molecule has 0 fully saturated rings. The van der Waals surface area contributed by atoms with E-state index in [1.807, 2.05) is 0 Å². The lowest BCUT2D eigenvalue weighted by molar-refractivity contribution is -0.137. The fourth-order valence-electron chi connectivity index (χ4n) is 3.90. The summed E-state index contributed by atoms with van der Waals surface area (Å²) in [4.78, 5) is 51.1. The van der Waals surface area contributed by atoms with Crippen LogP contribution in [0.25, 0.3) is 0 Å². The molecule has 12 nitrogen and oxygen atoms in total. The normalized spacial score (nSPS) is 12.5. The predicted octanol–water partition coefficient (Wildman–Crippen LogP) is 6.09. The van der Waals surface area contributed by atoms with E-state index in [1.165, 1.54) is 4.90 Å². The molecule has 0 aromatic heterocycles. The number of amides is 3. The summed E-state index contributed by atoms with van der Waals surface area (Å²) >= 11 is 0. The van der Waals surface area contributed by atoms with Crippen molar-refractivity contribution in [1.82, 2.24) is 20.9 Å². The van der Waals surface area contributed by atoms with E-state index >= 15 is 0 Å². The van der Waals surface area contributed by atoms with Crippen molar-refractivity contribution >= 4 is 24.2 Å². The van der Waals surface area contributed by atoms with Gasteiger partial charge in [0.25, 0.3) is 0 Å². The van der Waals surface area contributed by atoms with Gasteiger partial charge in [0.2, 0.25) is 34.8 Å². The first kappa shape index (κ1) is 43.1. The lowest BCUT2D eigenvalue weighted by Gasteiger charge is -2.28. The van der Waals surface area contributed by atoms with Crippen LogP contribution in [0.4, 0.5) is 36.3 Å². The Labute approximate surface area is 283 Å². The Morgan fingerprint density at radius 1 is 0.612 bits per heavy atom. The number of nitrogens with zero attached hydrogens (tertiary/aromatic N) is 1. The fraction of sp³-hybridized carbons (Fsp3) is 0.688. The van der Waals surface area contributed by atoms with E-state index in [0.29, 0.717) is 6.42 Å². The molecule has 0 aliphatic carbocycles. The van der Waals surface area contributed by atoms with Gasteiger partial charge in [-0.2, -0.15) is 8.78 Å². The second-order valence-electron chi connectivity index (χ2n) is 14.0. The summed E-state index contributed by atoms with van der Waals surface area (Å²) in [6, 6.07) is -1.34. The molecule has 0 bridgehead atoms. The molecule has 0 spiro atoms. The number of carbonyl (C=O) groups excluding carboxylic acids is 4. The van der Waals surface area contributed by atoms with Gasteiger partial charge >= 0.3 is 24.2 Å². The van der Waals surface area contributed by atoms with Gasteiger partial charge in [0, 0.05) is 26.2 Å². The summed E-state index contributed by atoms with van der Waals surface area (Å²) in [5.74, 6) is -14.7. The monoisotopic (exact) mass is 712 g/mol. The molecule has 1 unspecified atom stereocenters. The zero-order valence-electron chi connectivity index (χ0n) is 29.5. The van der Waals surface area contributed by atoms with E-state index in [-0.39, 0.29) is 52.0 Å². The molecule has 1 aromatic carbocycles. The third-order valence-corrected chi connectivity index (χ3v) is 5.91. The predicted molar refractivity (Wildman–Crippen MR) is 168 cm³/mol. The van der Waals surface area contributed by atoms with Crippen molar-refractivity contribution < 1.29 is 60.1 Å². The standard InChI is InChI=1S/C32H49F5N4O8/c1-30(2,3)47-27(43)39-15-11-14-38-19(26(42)46-25-23(36)21(34)20(33)22(35)24(25)37)13-10-17-41(29(45)49-32(7,8)9)18-12-16-40-28(44)48-31(4,5)6/h19,38H,10-18H2,1-9H3,(H,39,43)(H,40,44). The third-order valence-electron chi connectivity index (χ3n) is 5.91. The largest absolute Gasteiger partial charge is 0.444 e. The van der Waals surface area contributed by atoms with Crippen LogP contribution in [0.5, 0.6) is 5.75 Å². The van der Waals surface area contributed by atoms with Crippen LogP contribution in [0.3, 0.4) is 0 Å². The van der Waals surface area contributed by atoms with Gasteiger partial charge in [-0.1, -0.05) is 0 Å². The van der Waals surface area contributed by atoms with Crippen LogP contribution < -0.4 is 20.7 Å². The molecule has 1 rings (SSSR count). The maximum Gasteiger partial charge on any atom is 0.410 e. The second kappa shape index (κ2) is 18.8. The van der Waals surface area contributed by atoms with Gasteiger partial charge in [-0.15, -0.1) is 0 Å². The van der Waals surface area contributed by atoms with Crippen molar-refractivity contribution in [1.29, 1.82) is 0 Å². The maximum atomic E-state index is 14.3. The van der Waals surface area contributed by atoms with Crippen molar-refractivity contribution in [2.45, 2.75) is 111 Å². The summed E-state index contributed by atoms with van der Waals surface area (Å²) in [6.45, 7) is 15.6. The molecule has 0 saturated heterocycles. The van der Waals surface area contributed by atoms with Crippen molar-refractivity contribution in [2.24, 2.45) is 0 Å². The molecule has 3 amide bonds. The van der Waals surface area contributed by atoms with E-state index in [2.05, 4.69) is 20.7 Å². The Morgan fingerprint density at radius 2 is 1.04 bits per heavy atom. The van der Waals surface area contributed by atoms with Gasteiger partial charge in [0.15, 0.2) is 0 Å². The van der Waals surface area contributed by atoms with Crippen LogP contribution in [0.15, 0.2) is 0 Å². The highest BCUT2D eigenvalue weighted by Crippen LogP contribution is 2.29. The van der Waals surface area contributed by atoms with Crippen molar-refractivity contribution in [3.63, 3.8) is 0 Å². The number of halogens is 5. The molecule has 280 valence electrons. The highest BCUT2D eigenvalue weighted by molar-refractivity contribution is 5.78. The Bertz CT molecular complexity index is 1270. The third kappa shape index (κ3) is 16.9. The smallest absolute Gasteiger partial charge is 0.410 e. The summed E-state index contributed by atoms with van der Waals surface area (Å²) in [5, 5.41) is 7.90. The topological polar surface area (TPSA) is 145 Å². The summed E-state index contributed by atoms with van der Waals surface area (Å²) in [7, 11) is 0. The van der Waals surface area contributed by atoms with Gasteiger partial charge in [-0.3, -0.25) is 0 Å². The van der Waals surface area contributed by atoms with Gasteiger partial charge in [0.05, 0.1) is 0 Å². The van der Waals surface area contributed by atoms with E-state index in [9.17, 15) is 41.1 Å². The number of hydrogen-bond donors (Lipinski definition) is 3. The van der Waals surface area contributed by atoms with E-state index < -0.39 is 81.9 Å². The molecule has 49 heavy (non-hydrogen) atoms. The maximum absolute atomic E-state index is 14.3. The number of nitrogens with one attached hydrogen (secondary N) is 3. The summed E-state index contributed by atoms with van der Waals surface area (Å²) in [5.41, 5.74) is -2.29. The zero-order valence-corrected chi connectivity index (χ0v) is 29.5. The minimum absolute atomic E-state index is 0.00946. The number of benzene rings is 1. The molecule has 1 atom stereocenters. The number of carbonyl (C=O) groups is 4. The minimum Gasteiger partial charge on any atom is -0.444 e. The zero-order chi connectivity index (χ0) is 37.7. The number of alkyl carbamates (subject to hydrolysis) is 2. The highest BCUT2D eigenvalue weighted by Gasteiger charge is 2.31. The lowest BCUT2D eigenvalue weighted by Crippen LogP contribution is -2.43. The Balaban J connectivity index is 3.02. The summed E-state index contributed by atoms with van der Waals surface area (Å²) < 4.78 is 90.0. The van der Waals surface area contributed by atoms with E-state index in [0.717, 1.165) is 0 Å². The first-order chi connectivity index (χ1) is 22.4. The number of esters is 1. The lowest BCUT2D eigenvalue weighted by atomic mass is 10.1. The Hall–Kier alpha value is -3.89. The van der Waals surface area contributed by atoms with Crippen molar-refractivity contribution in [3.05, 3.63) is 29.1 Å². The van der Waals surface area contributed by atoms with Crippen molar-refractivity contribution in [3.8, 4) is 5.75 Å². The van der Waals surface area contributed by atoms with Crippen LogP contribution in [0.1, 0.15) is 88.0 Å². The quantitative estimate of drug-likeness (QED) is 0.0374. The molecule has 0 radical (unpaired) electrons. The molecule has 0 aliphatic heterocycles. The van der Waals surface area contributed by atoms with Crippen LogP contribution in [-0.4, -0.2) is 84.7 Å². The Morgan fingerprint density at radius 3 is 1.51 bits per heavy atom. The first-order valence-electron chi connectivity index (χ1n) is 15.8. The average molecular weight is 713 g/mol. The number of ether oxygens (including phenoxy) is 4. The molecule has 0 heterocycles. The molecular weight excluding hydrogens is 663 g/mol. The highest BCUT2D eigenvalue weighted by atomic mass is 19.2. The molecule has 0 saturated carbocycles. The van der Waals surface area contributed by atoms with E-state index in [1.54, 1.807) is 62.3 Å². The second-order valence-corrected chi connectivity index (χ2v) is 14.0. The average Bonchev–Trinajstić information content (AvgIpc) is 2.94. The van der Waals surface area contributed by atoms with Gasteiger partial charge < -0.3 is 39.8 Å². The molecule has 0 aliphatic rings. The van der Waals surface area contributed by atoms with Crippen LogP contribution >= 0.6 is 0 Å². The first-order valence-corrected chi connectivity index (χ1v) is 15.8. The van der Waals surface area contributed by atoms with Crippen LogP contribution in [-0.2, 0) is 19.0 Å². The Kier molecular flexibility index (Phi) is 16.5. The van der Waals surface area contributed by atoms with Gasteiger partial charge in [-0.25, -0.2) is 32.3 Å². The molecule has 17 heteroatoms. The van der Waals surface area contributed by atoms with Crippen LogP contribution in [0, 0.1) is 29.1 Å². The SMILES string of the molecule is CC(C)(C)OC(=O)NCCCNC(CCCN(CCCNC(=O)OC(C)(C)C)C(=O)OC(C)(C)C)C(=O)Oc1c(F)c(F)c(F)c(F)c1F. The minimum atomic E-state index is -2.41. The van der Waals surface area contributed by atoms with Crippen LogP contribution in [0.2, 0.25) is 0 Å². The van der Waals surface area contributed by atoms with E-state index in [4.69, 9.17) is 14.2 Å². The molecule has 1 aromatic rings. The molecule has 3 N–H and O–H groups in total. The van der Waals surface area contributed by atoms with Gasteiger partial charge in [-0.05, 0) is 94.5 Å². The fourth-order valence-corrected chi connectivity index (χ4v) is 3.90. The van der Waals surface area contributed by atoms with Crippen molar-refractivity contribution in [2.75, 3.05) is 32.7 Å².